The molecule has 0 aliphatic carbocycles. The number of nitrogens with two attached hydrogens (primary N) is 1. The Bertz CT molecular complexity index is 566. The molecule has 0 atom stereocenters. The molecule has 0 aromatic carbocycles. The minimum Gasteiger partial charge on any atom is -0.393 e. The van der Waals surface area contributed by atoms with Crippen molar-refractivity contribution in [2.45, 2.75) is 26.3 Å². The Morgan fingerprint density at radius 3 is 2.24 bits per heavy atom. The number of nitrogens with zero attached hydrogens (tertiary/aromatic N) is 2. The average Bonchev–Trinajstić information content (AvgIpc) is 2.34. The zero-order chi connectivity index (χ0) is 13.4. The number of rotatable bonds is 4. The molecule has 0 spiro atoms. The molecule has 17 heavy (non-hydrogen) atoms. The third-order valence-electron chi connectivity index (χ3n) is 2.67. The molecule has 0 aliphatic rings. The molecule has 0 radical (unpaired) electrons. The Kier molecular flexibility index (Phi) is 3.71. The van der Waals surface area contributed by atoms with Crippen LogP contribution in [0.3, 0.4) is 0 Å². The van der Waals surface area contributed by atoms with E-state index in [0.717, 1.165) is 11.9 Å². The first kappa shape index (κ1) is 13.8. The zero-order valence-electron chi connectivity index (χ0n) is 10.6. The van der Waals surface area contributed by atoms with E-state index in [-0.39, 0.29) is 29.5 Å². The first-order chi connectivity index (χ1) is 7.65. The van der Waals surface area contributed by atoms with Crippen LogP contribution in [0.4, 0.5) is 5.69 Å². The van der Waals surface area contributed by atoms with E-state index in [1.807, 2.05) is 13.8 Å². The van der Waals surface area contributed by atoms with Crippen LogP contribution in [0, 0.1) is 0 Å². The monoisotopic (exact) mass is 261 g/mol. The van der Waals surface area contributed by atoms with Gasteiger partial charge in [0, 0.05) is 13.3 Å². The van der Waals surface area contributed by atoms with Crippen LogP contribution >= 0.6 is 0 Å². The Morgan fingerprint density at radius 2 is 1.88 bits per heavy atom. The van der Waals surface area contributed by atoms with Gasteiger partial charge < -0.3 is 5.73 Å². The summed E-state index contributed by atoms with van der Waals surface area (Å²) >= 11 is 0. The van der Waals surface area contributed by atoms with Crippen LogP contribution in [0.1, 0.15) is 25.5 Å². The van der Waals surface area contributed by atoms with Gasteiger partial charge in [-0.05, 0) is 5.92 Å². The molecule has 0 unspecified atom stereocenters. The van der Waals surface area contributed by atoms with Crippen LogP contribution < -0.4 is 11.3 Å². The second kappa shape index (κ2) is 4.56. The van der Waals surface area contributed by atoms with E-state index in [2.05, 4.69) is 0 Å². The summed E-state index contributed by atoms with van der Waals surface area (Å²) in [6, 6.07) is 0. The zero-order valence-corrected chi connectivity index (χ0v) is 11.4. The summed E-state index contributed by atoms with van der Waals surface area (Å²) in [5, 5.41) is 0. The van der Waals surface area contributed by atoms with Crippen LogP contribution in [-0.4, -0.2) is 29.8 Å². The number of anilines is 1. The summed E-state index contributed by atoms with van der Waals surface area (Å²) in [5.41, 5.74) is 6.37. The SMILES string of the molecule is CC(C)c1c(N)c(=O)n(CCS(C)(=O)=O)n1C. The van der Waals surface area contributed by atoms with E-state index < -0.39 is 9.84 Å². The number of sulfone groups is 1. The van der Waals surface area contributed by atoms with Gasteiger partial charge >= 0.3 is 0 Å². The number of nitrogen functional groups attached to an aromatic ring is 1. The van der Waals surface area contributed by atoms with Crippen LogP contribution in [0.5, 0.6) is 0 Å². The standard InChI is InChI=1S/C10H19N3O3S/c1-7(2)9-8(11)10(14)13(12(9)3)5-6-17(4,15)16/h7H,5-6,11H2,1-4H3. The lowest BCUT2D eigenvalue weighted by Gasteiger charge is -2.11. The minimum atomic E-state index is -3.09. The van der Waals surface area contributed by atoms with Crippen molar-refractivity contribution in [3.05, 3.63) is 16.0 Å². The smallest absolute Gasteiger partial charge is 0.290 e. The third-order valence-corrected chi connectivity index (χ3v) is 3.60. The number of aromatic nitrogens is 2. The van der Waals surface area contributed by atoms with E-state index in [4.69, 9.17) is 5.73 Å². The second-order valence-corrected chi connectivity index (χ2v) is 6.80. The van der Waals surface area contributed by atoms with Gasteiger partial charge in [-0.2, -0.15) is 0 Å². The molecule has 1 aromatic heterocycles. The Morgan fingerprint density at radius 1 is 1.35 bits per heavy atom. The van der Waals surface area contributed by atoms with Crippen molar-refractivity contribution >= 4 is 15.5 Å². The molecule has 0 amide bonds. The van der Waals surface area contributed by atoms with Crippen molar-refractivity contribution in [3.8, 4) is 0 Å². The minimum absolute atomic E-state index is 0.0677. The van der Waals surface area contributed by atoms with E-state index in [1.165, 1.54) is 4.68 Å². The highest BCUT2D eigenvalue weighted by atomic mass is 32.2. The van der Waals surface area contributed by atoms with Gasteiger partial charge in [0.25, 0.3) is 5.56 Å². The summed E-state index contributed by atoms with van der Waals surface area (Å²) in [5.74, 6) is 0.0500. The number of hydrogen-bond donors (Lipinski definition) is 1. The maximum Gasteiger partial charge on any atom is 0.290 e. The molecule has 1 heterocycles. The second-order valence-electron chi connectivity index (χ2n) is 4.54. The topological polar surface area (TPSA) is 87.1 Å². The van der Waals surface area contributed by atoms with Crippen LogP contribution in [0.2, 0.25) is 0 Å². The lowest BCUT2D eigenvalue weighted by Crippen LogP contribution is -2.26. The molecule has 1 aromatic rings. The molecule has 0 fully saturated rings. The average molecular weight is 261 g/mol. The first-order valence-electron chi connectivity index (χ1n) is 5.38. The highest BCUT2D eigenvalue weighted by Crippen LogP contribution is 2.18. The highest BCUT2D eigenvalue weighted by molar-refractivity contribution is 7.90. The summed E-state index contributed by atoms with van der Waals surface area (Å²) in [6.45, 7) is 4.00. The van der Waals surface area contributed by atoms with E-state index >= 15 is 0 Å². The van der Waals surface area contributed by atoms with Crippen molar-refractivity contribution in [3.63, 3.8) is 0 Å². The van der Waals surface area contributed by atoms with Gasteiger partial charge in [-0.15, -0.1) is 0 Å². The Labute approximate surface area is 101 Å². The lowest BCUT2D eigenvalue weighted by atomic mass is 10.1. The Balaban J connectivity index is 3.19. The molecule has 0 saturated carbocycles. The maximum atomic E-state index is 11.9. The predicted octanol–water partition coefficient (Wildman–Crippen LogP) is -0.0630. The fourth-order valence-electron chi connectivity index (χ4n) is 1.88. The molecule has 0 aliphatic heterocycles. The third kappa shape index (κ3) is 2.91. The van der Waals surface area contributed by atoms with E-state index in [1.54, 1.807) is 11.7 Å². The number of hydrogen-bond acceptors (Lipinski definition) is 4. The van der Waals surface area contributed by atoms with Gasteiger partial charge in [0.05, 0.1) is 18.0 Å². The molecular weight excluding hydrogens is 242 g/mol. The summed E-state index contributed by atoms with van der Waals surface area (Å²) in [7, 11) is -1.38. The molecule has 98 valence electrons. The fourth-order valence-corrected chi connectivity index (χ4v) is 2.38. The molecule has 6 nitrogen and oxygen atoms in total. The first-order valence-corrected chi connectivity index (χ1v) is 7.44. The van der Waals surface area contributed by atoms with Crippen LogP contribution in [-0.2, 0) is 23.4 Å². The molecule has 7 heteroatoms. The van der Waals surface area contributed by atoms with Crippen molar-refractivity contribution in [2.24, 2.45) is 7.05 Å². The Hall–Kier alpha value is -1.24. The van der Waals surface area contributed by atoms with Gasteiger partial charge in [0.2, 0.25) is 0 Å². The summed E-state index contributed by atoms with van der Waals surface area (Å²) in [4.78, 5) is 11.9. The lowest BCUT2D eigenvalue weighted by molar-refractivity contribution is 0.492. The van der Waals surface area contributed by atoms with Crippen molar-refractivity contribution < 1.29 is 8.42 Å². The van der Waals surface area contributed by atoms with Gasteiger partial charge in [0.1, 0.15) is 15.5 Å². The molecule has 0 bridgehead atoms. The fraction of sp³-hybridized carbons (Fsp3) is 0.700. The van der Waals surface area contributed by atoms with Crippen molar-refractivity contribution in [2.75, 3.05) is 17.7 Å². The van der Waals surface area contributed by atoms with Crippen molar-refractivity contribution in [1.29, 1.82) is 0 Å². The summed E-state index contributed by atoms with van der Waals surface area (Å²) in [6.07, 6.45) is 1.15. The van der Waals surface area contributed by atoms with Gasteiger partial charge in [-0.1, -0.05) is 13.8 Å². The summed E-state index contributed by atoms with van der Waals surface area (Å²) < 4.78 is 25.2. The predicted molar refractivity (Wildman–Crippen MR) is 67.9 cm³/mol. The maximum absolute atomic E-state index is 11.9. The normalized spacial score (nSPS) is 12.3. The highest BCUT2D eigenvalue weighted by Gasteiger charge is 2.18. The van der Waals surface area contributed by atoms with E-state index in [0.29, 0.717) is 0 Å². The molecule has 1 rings (SSSR count). The van der Waals surface area contributed by atoms with E-state index in [9.17, 15) is 13.2 Å². The van der Waals surface area contributed by atoms with Crippen LogP contribution in [0.25, 0.3) is 0 Å². The van der Waals surface area contributed by atoms with Gasteiger partial charge in [0.15, 0.2) is 0 Å². The molecular formula is C10H19N3O3S. The van der Waals surface area contributed by atoms with Crippen molar-refractivity contribution in [1.82, 2.24) is 9.36 Å². The van der Waals surface area contributed by atoms with Crippen LogP contribution in [0.15, 0.2) is 4.79 Å². The van der Waals surface area contributed by atoms with Gasteiger partial charge in [-0.3, -0.25) is 9.48 Å². The van der Waals surface area contributed by atoms with Gasteiger partial charge in [-0.25, -0.2) is 13.1 Å². The molecule has 2 N–H and O–H groups in total. The molecule has 0 saturated heterocycles. The largest absolute Gasteiger partial charge is 0.393 e. The quantitative estimate of drug-likeness (QED) is 0.822.